The lowest BCUT2D eigenvalue weighted by Crippen LogP contribution is -2.51. The fourth-order valence-corrected chi connectivity index (χ4v) is 6.12. The topological polar surface area (TPSA) is 140 Å². The highest BCUT2D eigenvalue weighted by molar-refractivity contribution is 6.15. The Morgan fingerprint density at radius 2 is 1.86 bits per heavy atom. The first-order valence-electron chi connectivity index (χ1n) is 16.5. The largest absolute Gasteiger partial charge is 0.444 e. The maximum Gasteiger partial charge on any atom is 0.419 e. The third-order valence-electron chi connectivity index (χ3n) is 8.62. The summed E-state index contributed by atoms with van der Waals surface area (Å²) in [4.78, 5) is 42.7. The zero-order valence-corrected chi connectivity index (χ0v) is 29.6. The van der Waals surface area contributed by atoms with Crippen LogP contribution in [0.5, 0.6) is 0 Å². The van der Waals surface area contributed by atoms with E-state index in [2.05, 4.69) is 21.4 Å². The minimum atomic E-state index is -0.943. The standard InChI is InChI=1S/C35H44N5O8Si/c1-35(2,3)48-33(42)38-12-5-16-46-31(21-38)32(41)40(49)27(20-36)18-24-6-8-25(9-7-24)26-10-11-30-29(19-26)39(34(43)47-30)14-13-37(15-17-44-4)28-22-45-23-28/h6-11,19,27-28,31H,5,12-18,21-23H2,1-4H3/t27-,31-/m0/s1. The van der Waals surface area contributed by atoms with Crippen molar-refractivity contribution in [2.75, 3.05) is 59.7 Å². The van der Waals surface area contributed by atoms with Crippen LogP contribution in [0.2, 0.25) is 0 Å². The van der Waals surface area contributed by atoms with Crippen LogP contribution in [0.15, 0.2) is 51.7 Å². The fourth-order valence-electron chi connectivity index (χ4n) is 5.83. The number of nitriles is 1. The zero-order chi connectivity index (χ0) is 35.1. The molecule has 2 aliphatic rings. The van der Waals surface area contributed by atoms with Gasteiger partial charge in [-0.2, -0.15) is 5.26 Å². The minimum Gasteiger partial charge on any atom is -0.444 e. The van der Waals surface area contributed by atoms with E-state index < -0.39 is 35.5 Å². The van der Waals surface area contributed by atoms with Crippen LogP contribution in [0.1, 0.15) is 32.8 Å². The molecule has 13 nitrogen and oxygen atoms in total. The summed E-state index contributed by atoms with van der Waals surface area (Å²) in [6.07, 6.45) is -0.622. The predicted molar refractivity (Wildman–Crippen MR) is 182 cm³/mol. The molecular weight excluding hydrogens is 646 g/mol. The van der Waals surface area contributed by atoms with Gasteiger partial charge in [0.2, 0.25) is 5.91 Å². The van der Waals surface area contributed by atoms with Gasteiger partial charge < -0.3 is 32.8 Å². The summed E-state index contributed by atoms with van der Waals surface area (Å²) in [5, 5.41) is 10.0. The monoisotopic (exact) mass is 690 g/mol. The zero-order valence-electron chi connectivity index (χ0n) is 28.6. The molecule has 2 atom stereocenters. The molecule has 3 radical (unpaired) electrons. The van der Waals surface area contributed by atoms with Gasteiger partial charge in [-0.25, -0.2) is 9.59 Å². The van der Waals surface area contributed by atoms with Crippen molar-refractivity contribution >= 4 is 33.5 Å². The Labute approximate surface area is 289 Å². The third kappa shape index (κ3) is 9.17. The Morgan fingerprint density at radius 3 is 2.51 bits per heavy atom. The number of rotatable bonds is 12. The number of carbonyl (C=O) groups is 2. The summed E-state index contributed by atoms with van der Waals surface area (Å²) >= 11 is 0. The predicted octanol–water partition coefficient (Wildman–Crippen LogP) is 2.98. The quantitative estimate of drug-likeness (QED) is 0.261. The molecule has 2 amide bonds. The summed E-state index contributed by atoms with van der Waals surface area (Å²) in [7, 11) is 5.06. The van der Waals surface area contributed by atoms with E-state index in [9.17, 15) is 19.6 Å². The highest BCUT2D eigenvalue weighted by Gasteiger charge is 2.34. The van der Waals surface area contributed by atoms with Gasteiger partial charge in [0.1, 0.15) is 11.6 Å². The number of carbonyl (C=O) groups excluding carboxylic acids is 2. The first-order valence-corrected chi connectivity index (χ1v) is 17.0. The van der Waals surface area contributed by atoms with Crippen LogP contribution in [0.25, 0.3) is 22.2 Å². The Bertz CT molecular complexity index is 1690. The van der Waals surface area contributed by atoms with E-state index in [-0.39, 0.29) is 13.0 Å². The molecule has 2 saturated heterocycles. The van der Waals surface area contributed by atoms with Crippen molar-refractivity contribution in [3.05, 3.63) is 58.6 Å². The molecule has 0 bridgehead atoms. The van der Waals surface area contributed by atoms with Gasteiger partial charge >= 0.3 is 11.8 Å². The SMILES string of the molecule is COCCN(CCn1c(=O)oc2ccc(-c3ccc(C[C@@H](C#N)N([Si])C(=O)[C@@H]4CN(C(=O)OC(C)(C)C)CCCO4)cc3)cc21)C1COC1. The number of aromatic nitrogens is 1. The number of amides is 2. The molecule has 0 N–H and O–H groups in total. The maximum absolute atomic E-state index is 13.4. The van der Waals surface area contributed by atoms with Crippen LogP contribution in [0.3, 0.4) is 0 Å². The Morgan fingerprint density at radius 1 is 1.12 bits per heavy atom. The Balaban J connectivity index is 1.24. The van der Waals surface area contributed by atoms with Crippen LogP contribution in [-0.2, 0) is 36.7 Å². The van der Waals surface area contributed by atoms with Crippen LogP contribution >= 0.6 is 0 Å². The summed E-state index contributed by atoms with van der Waals surface area (Å²) < 4.78 is 30.3. The highest BCUT2D eigenvalue weighted by atomic mass is 28.2. The molecule has 5 rings (SSSR count). The number of hydrogen-bond acceptors (Lipinski definition) is 10. The molecule has 3 aromatic rings. The van der Waals surface area contributed by atoms with Gasteiger partial charge in [0.25, 0.3) is 0 Å². The third-order valence-corrected chi connectivity index (χ3v) is 9.15. The number of nitrogens with zero attached hydrogens (tertiary/aromatic N) is 5. The second kappa shape index (κ2) is 16.1. The summed E-state index contributed by atoms with van der Waals surface area (Å²) in [5.74, 6) is -0.848. The van der Waals surface area contributed by atoms with Gasteiger partial charge in [0.15, 0.2) is 22.1 Å². The summed E-state index contributed by atoms with van der Waals surface area (Å²) in [6.45, 7) is 9.92. The highest BCUT2D eigenvalue weighted by Crippen LogP contribution is 2.26. The molecule has 3 heterocycles. The lowest BCUT2D eigenvalue weighted by molar-refractivity contribution is -0.139. The molecule has 0 unspecified atom stereocenters. The van der Waals surface area contributed by atoms with Crippen LogP contribution < -0.4 is 5.76 Å². The first-order chi connectivity index (χ1) is 23.5. The molecule has 2 aromatic carbocycles. The van der Waals surface area contributed by atoms with E-state index in [0.717, 1.165) is 23.2 Å². The van der Waals surface area contributed by atoms with Gasteiger partial charge in [-0.15, -0.1) is 0 Å². The smallest absolute Gasteiger partial charge is 0.419 e. The molecule has 1 aromatic heterocycles. The summed E-state index contributed by atoms with van der Waals surface area (Å²) in [5.41, 5.74) is 3.25. The number of ether oxygens (including phenoxy) is 4. The molecule has 0 spiro atoms. The van der Waals surface area contributed by atoms with Gasteiger partial charge in [-0.05, 0) is 56.0 Å². The van der Waals surface area contributed by atoms with E-state index in [1.165, 1.54) is 9.47 Å². The molecule has 2 aliphatic heterocycles. The van der Waals surface area contributed by atoms with Gasteiger partial charge in [-0.3, -0.25) is 14.3 Å². The second-order valence-corrected chi connectivity index (χ2v) is 13.8. The average molecular weight is 691 g/mol. The molecule has 2 fully saturated rings. The van der Waals surface area contributed by atoms with Crippen molar-refractivity contribution in [3.63, 3.8) is 0 Å². The van der Waals surface area contributed by atoms with Crippen LogP contribution in [0.4, 0.5) is 4.79 Å². The Kier molecular flexibility index (Phi) is 11.9. The van der Waals surface area contributed by atoms with Gasteiger partial charge in [-0.1, -0.05) is 30.3 Å². The van der Waals surface area contributed by atoms with E-state index in [1.54, 1.807) is 38.5 Å². The molecule has 261 valence electrons. The molecule has 0 saturated carbocycles. The van der Waals surface area contributed by atoms with Crippen molar-refractivity contribution in [1.29, 1.82) is 5.26 Å². The Hall–Kier alpha value is -4.00. The average Bonchev–Trinajstić information content (AvgIpc) is 3.19. The van der Waals surface area contributed by atoms with E-state index in [1.807, 2.05) is 36.4 Å². The van der Waals surface area contributed by atoms with Crippen LogP contribution in [-0.4, -0.2) is 125 Å². The van der Waals surface area contributed by atoms with Crippen LogP contribution in [0, 0.1) is 11.3 Å². The second-order valence-electron chi connectivity index (χ2n) is 13.3. The lowest BCUT2D eigenvalue weighted by atomic mass is 10.0. The maximum atomic E-state index is 13.4. The molecule has 0 aliphatic carbocycles. The minimum absolute atomic E-state index is 0.0258. The van der Waals surface area contributed by atoms with Gasteiger partial charge in [0.05, 0.1) is 44.0 Å². The molecular formula is C35H44N5O8Si. The number of benzene rings is 2. The van der Waals surface area contributed by atoms with Crippen molar-refractivity contribution in [2.45, 2.75) is 63.9 Å². The molecule has 14 heteroatoms. The normalized spacial score (nSPS) is 17.7. The fraction of sp³-hybridized carbons (Fsp3) is 0.543. The van der Waals surface area contributed by atoms with Crippen molar-refractivity contribution in [3.8, 4) is 17.2 Å². The lowest BCUT2D eigenvalue weighted by Gasteiger charge is -2.37. The van der Waals surface area contributed by atoms with E-state index in [0.29, 0.717) is 69.6 Å². The van der Waals surface area contributed by atoms with Gasteiger partial charge in [0, 0.05) is 46.3 Å². The molecule has 49 heavy (non-hydrogen) atoms. The number of fused-ring (bicyclic) bond motifs is 1. The van der Waals surface area contributed by atoms with Crippen molar-refractivity contribution in [1.82, 2.24) is 18.9 Å². The number of oxazole rings is 1. The van der Waals surface area contributed by atoms with Crippen molar-refractivity contribution < 1.29 is 33.0 Å². The van der Waals surface area contributed by atoms with Crippen molar-refractivity contribution in [2.24, 2.45) is 0 Å². The number of methoxy groups -OCH3 is 1. The number of hydrogen-bond donors (Lipinski definition) is 0. The first kappa shape index (κ1) is 36.3. The summed E-state index contributed by atoms with van der Waals surface area (Å²) in [6, 6.07) is 15.1. The van der Waals surface area contributed by atoms with E-state index >= 15 is 0 Å². The van der Waals surface area contributed by atoms with E-state index in [4.69, 9.17) is 23.4 Å².